The summed E-state index contributed by atoms with van der Waals surface area (Å²) in [6, 6.07) is 5.75. The van der Waals surface area contributed by atoms with E-state index in [0.29, 0.717) is 10.0 Å². The first-order valence-corrected chi connectivity index (χ1v) is 6.58. The Morgan fingerprint density at radius 2 is 1.89 bits per heavy atom. The lowest BCUT2D eigenvalue weighted by molar-refractivity contribution is 0.122. The first kappa shape index (κ1) is 12.0. The predicted octanol–water partition coefficient (Wildman–Crippen LogP) is 3.38. The Morgan fingerprint density at radius 1 is 1.11 bits per heavy atom. The lowest BCUT2D eigenvalue weighted by Crippen LogP contribution is -2.36. The number of rotatable bonds is 1. The van der Waals surface area contributed by atoms with Crippen LogP contribution in [0.2, 0.25) is 10.0 Å². The van der Waals surface area contributed by atoms with E-state index in [1.165, 1.54) is 0 Å². The van der Waals surface area contributed by atoms with E-state index in [1.807, 2.05) is 12.1 Å². The second-order valence-corrected chi connectivity index (χ2v) is 4.97. The fourth-order valence-electron chi connectivity index (χ4n) is 2.19. The van der Waals surface area contributed by atoms with Crippen LogP contribution in [0.4, 0.5) is 5.69 Å². The first-order valence-electron chi connectivity index (χ1n) is 5.83. The number of ether oxygens (including phenoxy) is 1. The molecule has 94 valence electrons. The molecule has 0 saturated carbocycles. The summed E-state index contributed by atoms with van der Waals surface area (Å²) in [7, 11) is 0. The molecule has 2 aromatic rings. The molecule has 0 bridgehead atoms. The predicted molar refractivity (Wildman–Crippen MR) is 74.8 cm³/mol. The zero-order valence-electron chi connectivity index (χ0n) is 9.70. The maximum Gasteiger partial charge on any atom is 0.0924 e. The standard InChI is InChI=1S/C13H12Cl2N2O/c14-10-3-4-16-13-9(10)1-2-11(12(13)15)17-5-7-18-8-6-17/h1-4H,5-8H2. The Bertz CT molecular complexity index is 582. The van der Waals surface area contributed by atoms with Crippen LogP contribution < -0.4 is 4.90 Å². The Balaban J connectivity index is 2.11. The monoisotopic (exact) mass is 282 g/mol. The maximum atomic E-state index is 6.44. The fraction of sp³-hybridized carbons (Fsp3) is 0.308. The van der Waals surface area contributed by atoms with Gasteiger partial charge in [-0.3, -0.25) is 4.98 Å². The van der Waals surface area contributed by atoms with E-state index >= 15 is 0 Å². The molecule has 1 fully saturated rings. The average Bonchev–Trinajstić information content (AvgIpc) is 2.41. The molecular weight excluding hydrogens is 271 g/mol. The number of pyridine rings is 1. The van der Waals surface area contributed by atoms with Gasteiger partial charge in [-0.2, -0.15) is 0 Å². The topological polar surface area (TPSA) is 25.4 Å². The zero-order chi connectivity index (χ0) is 12.5. The summed E-state index contributed by atoms with van der Waals surface area (Å²) in [5.74, 6) is 0. The van der Waals surface area contributed by atoms with Gasteiger partial charge in [-0.15, -0.1) is 0 Å². The third kappa shape index (κ3) is 2.03. The van der Waals surface area contributed by atoms with E-state index in [4.69, 9.17) is 27.9 Å². The van der Waals surface area contributed by atoms with Gasteiger partial charge in [0.2, 0.25) is 0 Å². The number of aromatic nitrogens is 1. The largest absolute Gasteiger partial charge is 0.378 e. The molecule has 0 N–H and O–H groups in total. The van der Waals surface area contributed by atoms with Gasteiger partial charge in [0.15, 0.2) is 0 Å². The number of nitrogens with zero attached hydrogens (tertiary/aromatic N) is 2. The summed E-state index contributed by atoms with van der Waals surface area (Å²) in [5, 5.41) is 2.23. The van der Waals surface area contributed by atoms with Crippen LogP contribution in [-0.2, 0) is 4.74 Å². The van der Waals surface area contributed by atoms with E-state index in [0.717, 1.165) is 42.9 Å². The minimum Gasteiger partial charge on any atom is -0.378 e. The van der Waals surface area contributed by atoms with Gasteiger partial charge in [0.05, 0.1) is 34.5 Å². The smallest absolute Gasteiger partial charge is 0.0924 e. The van der Waals surface area contributed by atoms with Crippen molar-refractivity contribution in [1.29, 1.82) is 0 Å². The van der Waals surface area contributed by atoms with Crippen LogP contribution in [0.3, 0.4) is 0 Å². The molecule has 0 spiro atoms. The van der Waals surface area contributed by atoms with Gasteiger partial charge in [0, 0.05) is 24.7 Å². The van der Waals surface area contributed by atoms with Crippen LogP contribution in [0.15, 0.2) is 24.4 Å². The third-order valence-corrected chi connectivity index (χ3v) is 3.83. The van der Waals surface area contributed by atoms with Crippen LogP contribution in [0.25, 0.3) is 10.9 Å². The summed E-state index contributed by atoms with van der Waals surface area (Å²) in [6.07, 6.45) is 1.68. The SMILES string of the molecule is Clc1ccnc2c(Cl)c(N3CCOCC3)ccc12. The van der Waals surface area contributed by atoms with Crippen molar-refractivity contribution >= 4 is 39.8 Å². The second kappa shape index (κ2) is 4.92. The lowest BCUT2D eigenvalue weighted by atomic mass is 10.2. The quantitative estimate of drug-likeness (QED) is 0.802. The van der Waals surface area contributed by atoms with E-state index in [2.05, 4.69) is 9.88 Å². The van der Waals surface area contributed by atoms with Gasteiger partial charge in [0.1, 0.15) is 0 Å². The average molecular weight is 283 g/mol. The molecule has 1 aromatic heterocycles. The van der Waals surface area contributed by atoms with Crippen molar-refractivity contribution in [2.45, 2.75) is 0 Å². The van der Waals surface area contributed by atoms with Crippen LogP contribution >= 0.6 is 23.2 Å². The maximum absolute atomic E-state index is 6.44. The van der Waals surface area contributed by atoms with Crippen LogP contribution in [0.5, 0.6) is 0 Å². The van der Waals surface area contributed by atoms with Crippen molar-refractivity contribution in [3.63, 3.8) is 0 Å². The van der Waals surface area contributed by atoms with Gasteiger partial charge < -0.3 is 9.64 Å². The van der Waals surface area contributed by atoms with Gasteiger partial charge >= 0.3 is 0 Å². The second-order valence-electron chi connectivity index (χ2n) is 4.19. The van der Waals surface area contributed by atoms with Crippen LogP contribution in [0.1, 0.15) is 0 Å². The van der Waals surface area contributed by atoms with E-state index in [-0.39, 0.29) is 0 Å². The Hall–Kier alpha value is -1.03. The summed E-state index contributed by atoms with van der Waals surface area (Å²) in [4.78, 5) is 6.54. The summed E-state index contributed by atoms with van der Waals surface area (Å²) in [6.45, 7) is 3.17. The van der Waals surface area contributed by atoms with E-state index in [1.54, 1.807) is 12.3 Å². The van der Waals surface area contributed by atoms with Gasteiger partial charge in [-0.1, -0.05) is 23.2 Å². The van der Waals surface area contributed by atoms with E-state index in [9.17, 15) is 0 Å². The molecule has 1 saturated heterocycles. The number of anilines is 1. The molecule has 5 heteroatoms. The van der Waals surface area contributed by atoms with Gasteiger partial charge in [0.25, 0.3) is 0 Å². The van der Waals surface area contributed by atoms with Crippen LogP contribution in [0, 0.1) is 0 Å². The van der Waals surface area contributed by atoms with Crippen molar-refractivity contribution in [2.24, 2.45) is 0 Å². The molecule has 3 nitrogen and oxygen atoms in total. The molecule has 0 aliphatic carbocycles. The minimum atomic E-state index is 0.664. The number of fused-ring (bicyclic) bond motifs is 1. The molecular formula is C13H12Cl2N2O. The highest BCUT2D eigenvalue weighted by atomic mass is 35.5. The number of hydrogen-bond donors (Lipinski definition) is 0. The van der Waals surface area contributed by atoms with Gasteiger partial charge in [-0.25, -0.2) is 0 Å². The molecule has 0 atom stereocenters. The number of hydrogen-bond acceptors (Lipinski definition) is 3. The third-order valence-electron chi connectivity index (χ3n) is 3.13. The molecule has 3 rings (SSSR count). The molecule has 18 heavy (non-hydrogen) atoms. The fourth-order valence-corrected chi connectivity index (χ4v) is 2.73. The molecule has 1 aromatic carbocycles. The molecule has 0 unspecified atom stereocenters. The number of benzene rings is 1. The highest BCUT2D eigenvalue weighted by Gasteiger charge is 2.16. The summed E-state index contributed by atoms with van der Waals surface area (Å²) < 4.78 is 5.35. The van der Waals surface area contributed by atoms with Crippen molar-refractivity contribution in [3.8, 4) is 0 Å². The number of halogens is 2. The zero-order valence-corrected chi connectivity index (χ0v) is 11.2. The Morgan fingerprint density at radius 3 is 2.67 bits per heavy atom. The molecule has 0 radical (unpaired) electrons. The number of morpholine rings is 1. The minimum absolute atomic E-state index is 0.664. The van der Waals surface area contributed by atoms with Crippen molar-refractivity contribution in [3.05, 3.63) is 34.4 Å². The van der Waals surface area contributed by atoms with E-state index < -0.39 is 0 Å². The van der Waals surface area contributed by atoms with Gasteiger partial charge in [-0.05, 0) is 18.2 Å². The highest BCUT2D eigenvalue weighted by molar-refractivity contribution is 6.40. The van der Waals surface area contributed by atoms with Crippen molar-refractivity contribution < 1.29 is 4.74 Å². The Labute approximate surface area is 115 Å². The summed E-state index contributed by atoms with van der Waals surface area (Å²) in [5.41, 5.74) is 1.76. The summed E-state index contributed by atoms with van der Waals surface area (Å²) >= 11 is 12.6. The molecule has 0 amide bonds. The molecule has 1 aliphatic rings. The molecule has 2 heterocycles. The first-order chi connectivity index (χ1) is 8.77. The van der Waals surface area contributed by atoms with Crippen LogP contribution in [-0.4, -0.2) is 31.3 Å². The van der Waals surface area contributed by atoms with Crippen molar-refractivity contribution in [1.82, 2.24) is 4.98 Å². The molecule has 1 aliphatic heterocycles. The lowest BCUT2D eigenvalue weighted by Gasteiger charge is -2.29. The Kier molecular flexibility index (Phi) is 3.29. The normalized spacial score (nSPS) is 16.2. The van der Waals surface area contributed by atoms with Crippen molar-refractivity contribution in [2.75, 3.05) is 31.2 Å². The highest BCUT2D eigenvalue weighted by Crippen LogP contribution is 2.35.